The Bertz CT molecular complexity index is 897. The average molecular weight is 320 g/mol. The standard InChI is InChI=1S/C18H16N4S/c1-2-5-14(6-3-1)16-12-23-18-15(16)11-20-17(21-18)7-4-9-22-10-8-19-13-22/h1-3,5-6,8,10-13H,4,7,9H2. The van der Waals surface area contributed by atoms with Gasteiger partial charge >= 0.3 is 0 Å². The minimum atomic E-state index is 0.882. The van der Waals surface area contributed by atoms with Gasteiger partial charge in [0, 0.05) is 47.9 Å². The van der Waals surface area contributed by atoms with Crippen LogP contribution in [0.2, 0.25) is 0 Å². The SMILES string of the molecule is c1ccc(-c2csc3nc(CCCn4ccnc4)ncc23)cc1. The largest absolute Gasteiger partial charge is 0.337 e. The molecule has 0 unspecified atom stereocenters. The Morgan fingerprint density at radius 1 is 1.13 bits per heavy atom. The molecular weight excluding hydrogens is 304 g/mol. The van der Waals surface area contributed by atoms with Gasteiger partial charge in [-0.05, 0) is 12.0 Å². The summed E-state index contributed by atoms with van der Waals surface area (Å²) in [5, 5.41) is 3.31. The lowest BCUT2D eigenvalue weighted by Gasteiger charge is -2.03. The zero-order valence-corrected chi connectivity index (χ0v) is 13.4. The van der Waals surface area contributed by atoms with Gasteiger partial charge in [-0.3, -0.25) is 0 Å². The second-order valence-corrected chi connectivity index (χ2v) is 6.28. The molecule has 0 aliphatic carbocycles. The fourth-order valence-corrected chi connectivity index (χ4v) is 3.59. The van der Waals surface area contributed by atoms with Crippen LogP contribution in [0, 0.1) is 0 Å². The summed E-state index contributed by atoms with van der Waals surface area (Å²) < 4.78 is 2.08. The molecule has 114 valence electrons. The Balaban J connectivity index is 1.53. The summed E-state index contributed by atoms with van der Waals surface area (Å²) in [5.41, 5.74) is 2.44. The highest BCUT2D eigenvalue weighted by molar-refractivity contribution is 7.17. The lowest BCUT2D eigenvalue weighted by molar-refractivity contribution is 0.629. The van der Waals surface area contributed by atoms with Crippen molar-refractivity contribution in [3.05, 3.63) is 66.5 Å². The molecule has 0 aliphatic heterocycles. The number of nitrogens with zero attached hydrogens (tertiary/aromatic N) is 4. The second kappa shape index (κ2) is 6.30. The van der Waals surface area contributed by atoms with Crippen LogP contribution in [0.25, 0.3) is 21.3 Å². The molecule has 0 fully saturated rings. The predicted octanol–water partition coefficient (Wildman–Crippen LogP) is 4.19. The van der Waals surface area contributed by atoms with Gasteiger partial charge in [-0.2, -0.15) is 0 Å². The second-order valence-electron chi connectivity index (χ2n) is 5.42. The number of rotatable bonds is 5. The summed E-state index contributed by atoms with van der Waals surface area (Å²) in [6, 6.07) is 10.4. The van der Waals surface area contributed by atoms with Crippen molar-refractivity contribution in [1.29, 1.82) is 0 Å². The minimum Gasteiger partial charge on any atom is -0.337 e. The van der Waals surface area contributed by atoms with Crippen LogP contribution in [0.5, 0.6) is 0 Å². The van der Waals surface area contributed by atoms with E-state index in [0.29, 0.717) is 0 Å². The van der Waals surface area contributed by atoms with Gasteiger partial charge in [0.05, 0.1) is 6.33 Å². The molecule has 0 radical (unpaired) electrons. The van der Waals surface area contributed by atoms with E-state index in [-0.39, 0.29) is 0 Å². The van der Waals surface area contributed by atoms with Crippen LogP contribution in [0.4, 0.5) is 0 Å². The Morgan fingerprint density at radius 3 is 2.87 bits per heavy atom. The van der Waals surface area contributed by atoms with Gasteiger partial charge in [-0.1, -0.05) is 30.3 Å². The van der Waals surface area contributed by atoms with Crippen LogP contribution < -0.4 is 0 Å². The van der Waals surface area contributed by atoms with Crippen LogP contribution in [0.3, 0.4) is 0 Å². The highest BCUT2D eigenvalue weighted by Gasteiger charge is 2.09. The van der Waals surface area contributed by atoms with E-state index in [1.165, 1.54) is 11.1 Å². The Hall–Kier alpha value is -2.53. The van der Waals surface area contributed by atoms with Crippen molar-refractivity contribution in [2.45, 2.75) is 19.4 Å². The van der Waals surface area contributed by atoms with Crippen molar-refractivity contribution in [2.75, 3.05) is 0 Å². The first-order valence-electron chi connectivity index (χ1n) is 7.64. The number of fused-ring (bicyclic) bond motifs is 1. The fourth-order valence-electron chi connectivity index (χ4n) is 2.65. The molecular formula is C18H16N4S. The third-order valence-electron chi connectivity index (χ3n) is 3.84. The molecule has 0 amide bonds. The van der Waals surface area contributed by atoms with Crippen molar-refractivity contribution in [1.82, 2.24) is 19.5 Å². The quantitative estimate of drug-likeness (QED) is 0.554. The first kappa shape index (κ1) is 14.1. The number of imidazole rings is 1. The molecule has 0 aliphatic rings. The summed E-state index contributed by atoms with van der Waals surface area (Å²) >= 11 is 1.69. The highest BCUT2D eigenvalue weighted by Crippen LogP contribution is 2.32. The van der Waals surface area contributed by atoms with E-state index in [1.54, 1.807) is 17.5 Å². The van der Waals surface area contributed by atoms with Crippen LogP contribution in [0.15, 0.2) is 60.6 Å². The molecule has 1 aromatic carbocycles. The van der Waals surface area contributed by atoms with Gasteiger partial charge in [0.2, 0.25) is 0 Å². The van der Waals surface area contributed by atoms with E-state index >= 15 is 0 Å². The maximum Gasteiger partial charge on any atom is 0.130 e. The van der Waals surface area contributed by atoms with Crippen LogP contribution in [0.1, 0.15) is 12.2 Å². The van der Waals surface area contributed by atoms with Gasteiger partial charge in [0.1, 0.15) is 10.7 Å². The van der Waals surface area contributed by atoms with Gasteiger partial charge in [-0.15, -0.1) is 11.3 Å². The number of aryl methyl sites for hydroxylation is 2. The van der Waals surface area contributed by atoms with Crippen molar-refractivity contribution < 1.29 is 0 Å². The van der Waals surface area contributed by atoms with E-state index in [4.69, 9.17) is 4.98 Å². The maximum atomic E-state index is 4.72. The normalized spacial score (nSPS) is 11.1. The molecule has 0 bridgehead atoms. The number of benzene rings is 1. The first-order chi connectivity index (χ1) is 11.4. The zero-order valence-electron chi connectivity index (χ0n) is 12.6. The molecule has 0 N–H and O–H groups in total. The number of hydrogen-bond donors (Lipinski definition) is 0. The number of hydrogen-bond acceptors (Lipinski definition) is 4. The smallest absolute Gasteiger partial charge is 0.130 e. The number of thiophene rings is 1. The van der Waals surface area contributed by atoms with Crippen LogP contribution in [-0.2, 0) is 13.0 Å². The molecule has 0 saturated heterocycles. The predicted molar refractivity (Wildman–Crippen MR) is 93.4 cm³/mol. The zero-order chi connectivity index (χ0) is 15.5. The van der Waals surface area contributed by atoms with E-state index in [0.717, 1.165) is 35.4 Å². The van der Waals surface area contributed by atoms with Gasteiger partial charge < -0.3 is 4.57 Å². The molecule has 0 spiro atoms. The molecule has 4 aromatic rings. The summed E-state index contributed by atoms with van der Waals surface area (Å²) in [4.78, 5) is 14.4. The summed E-state index contributed by atoms with van der Waals surface area (Å²) in [5.74, 6) is 0.916. The Kier molecular flexibility index (Phi) is 3.86. The monoisotopic (exact) mass is 320 g/mol. The lowest BCUT2D eigenvalue weighted by atomic mass is 10.1. The van der Waals surface area contributed by atoms with Gasteiger partial charge in [0.15, 0.2) is 0 Å². The number of aromatic nitrogens is 4. The third-order valence-corrected chi connectivity index (χ3v) is 4.73. The fraction of sp³-hybridized carbons (Fsp3) is 0.167. The van der Waals surface area contributed by atoms with Gasteiger partial charge in [-0.25, -0.2) is 15.0 Å². The minimum absolute atomic E-state index is 0.882. The summed E-state index contributed by atoms with van der Waals surface area (Å²) in [6.45, 7) is 0.946. The molecule has 3 aromatic heterocycles. The highest BCUT2D eigenvalue weighted by atomic mass is 32.1. The van der Waals surface area contributed by atoms with E-state index in [9.17, 15) is 0 Å². The van der Waals surface area contributed by atoms with Crippen LogP contribution in [-0.4, -0.2) is 19.5 Å². The molecule has 23 heavy (non-hydrogen) atoms. The van der Waals surface area contributed by atoms with Crippen LogP contribution >= 0.6 is 11.3 Å². The Labute approximate surface area is 138 Å². The lowest BCUT2D eigenvalue weighted by Crippen LogP contribution is -1.99. The third kappa shape index (κ3) is 3.00. The van der Waals surface area contributed by atoms with Crippen molar-refractivity contribution >= 4 is 21.6 Å². The average Bonchev–Trinajstić information content (AvgIpc) is 3.25. The Morgan fingerprint density at radius 2 is 2.04 bits per heavy atom. The molecule has 5 heteroatoms. The molecule has 4 nitrogen and oxygen atoms in total. The molecule has 4 rings (SSSR count). The van der Waals surface area contributed by atoms with E-state index < -0.39 is 0 Å². The van der Waals surface area contributed by atoms with E-state index in [1.807, 2.05) is 24.8 Å². The summed E-state index contributed by atoms with van der Waals surface area (Å²) in [6.07, 6.45) is 9.49. The van der Waals surface area contributed by atoms with E-state index in [2.05, 4.69) is 44.2 Å². The first-order valence-corrected chi connectivity index (χ1v) is 8.52. The van der Waals surface area contributed by atoms with Gasteiger partial charge in [0.25, 0.3) is 0 Å². The molecule has 0 saturated carbocycles. The van der Waals surface area contributed by atoms with Crippen molar-refractivity contribution in [3.8, 4) is 11.1 Å². The molecule has 3 heterocycles. The molecule has 0 atom stereocenters. The summed E-state index contributed by atoms with van der Waals surface area (Å²) in [7, 11) is 0. The van der Waals surface area contributed by atoms with Crippen molar-refractivity contribution in [2.24, 2.45) is 0 Å². The topological polar surface area (TPSA) is 43.6 Å². The maximum absolute atomic E-state index is 4.72. The van der Waals surface area contributed by atoms with Crippen molar-refractivity contribution in [3.63, 3.8) is 0 Å².